The molecule has 0 aliphatic heterocycles. The van der Waals surface area contributed by atoms with Crippen molar-refractivity contribution in [2.45, 2.75) is 27.2 Å². The molecule has 0 radical (unpaired) electrons. The van der Waals surface area contributed by atoms with Crippen LogP contribution in [0.5, 0.6) is 0 Å². The molecule has 0 aromatic heterocycles. The summed E-state index contributed by atoms with van der Waals surface area (Å²) in [7, 11) is 0. The minimum atomic E-state index is -0.940. The van der Waals surface area contributed by atoms with Crippen molar-refractivity contribution < 1.29 is 19.2 Å². The molecule has 0 aliphatic carbocycles. The molecule has 0 fully saturated rings. The Hall–Kier alpha value is -4.01. The summed E-state index contributed by atoms with van der Waals surface area (Å²) in [5.74, 6) is -2.33. The van der Waals surface area contributed by atoms with Crippen LogP contribution in [0.2, 0.25) is 0 Å². The number of carbonyl (C=O) groups excluding carboxylic acids is 4. The van der Waals surface area contributed by atoms with Gasteiger partial charge in [0.25, 0.3) is 0 Å². The summed E-state index contributed by atoms with van der Waals surface area (Å²) in [6, 6.07) is 13.6. The van der Waals surface area contributed by atoms with E-state index < -0.39 is 11.8 Å². The third kappa shape index (κ3) is 7.55. The molecule has 30 heavy (non-hydrogen) atoms. The lowest BCUT2D eigenvalue weighted by Crippen LogP contribution is -2.33. The smallest absolute Gasteiger partial charge is 0.326 e. The molecule has 0 aliphatic rings. The van der Waals surface area contributed by atoms with E-state index >= 15 is 0 Å². The summed E-state index contributed by atoms with van der Waals surface area (Å²) in [5.41, 5.74) is 5.05. The van der Waals surface area contributed by atoms with Crippen molar-refractivity contribution in [2.75, 3.05) is 16.0 Å². The van der Waals surface area contributed by atoms with Gasteiger partial charge >= 0.3 is 11.8 Å². The van der Waals surface area contributed by atoms with Gasteiger partial charge in [-0.05, 0) is 55.8 Å². The van der Waals surface area contributed by atoms with Crippen molar-refractivity contribution in [3.05, 3.63) is 54.1 Å². The lowest BCUT2D eigenvalue weighted by molar-refractivity contribution is -0.136. The maximum Gasteiger partial charge on any atom is 0.329 e. The Bertz CT molecular complexity index is 983. The van der Waals surface area contributed by atoms with E-state index in [9.17, 15) is 19.2 Å². The lowest BCUT2D eigenvalue weighted by atomic mass is 10.2. The first-order chi connectivity index (χ1) is 14.2. The number of hydrogen-bond donors (Lipinski definition) is 4. The van der Waals surface area contributed by atoms with E-state index in [2.05, 4.69) is 26.5 Å². The zero-order chi connectivity index (χ0) is 22.1. The maximum absolute atomic E-state index is 12.1. The van der Waals surface area contributed by atoms with E-state index in [1.54, 1.807) is 49.4 Å². The van der Waals surface area contributed by atoms with Crippen molar-refractivity contribution >= 4 is 46.4 Å². The number of nitrogens with one attached hydrogen (secondary N) is 4. The van der Waals surface area contributed by atoms with Gasteiger partial charge in [-0.15, -0.1) is 0 Å². The van der Waals surface area contributed by atoms with Gasteiger partial charge in [-0.25, -0.2) is 5.43 Å². The highest BCUT2D eigenvalue weighted by Gasteiger charge is 2.13. The van der Waals surface area contributed by atoms with Crippen LogP contribution in [-0.2, 0) is 19.2 Å². The van der Waals surface area contributed by atoms with Crippen LogP contribution in [-0.4, -0.2) is 29.3 Å². The second kappa shape index (κ2) is 10.5. The molecule has 9 nitrogen and oxygen atoms in total. The number of benzene rings is 2. The number of amides is 4. The Morgan fingerprint density at radius 2 is 1.43 bits per heavy atom. The van der Waals surface area contributed by atoms with E-state index in [1.807, 2.05) is 13.0 Å². The molecule has 2 aromatic carbocycles. The van der Waals surface area contributed by atoms with Gasteiger partial charge in [0, 0.05) is 29.7 Å². The van der Waals surface area contributed by atoms with E-state index in [4.69, 9.17) is 0 Å². The van der Waals surface area contributed by atoms with Gasteiger partial charge in [0.1, 0.15) is 0 Å². The highest BCUT2D eigenvalue weighted by Crippen LogP contribution is 2.14. The topological polar surface area (TPSA) is 129 Å². The van der Waals surface area contributed by atoms with Crippen LogP contribution in [0.4, 0.5) is 17.1 Å². The Morgan fingerprint density at radius 1 is 0.800 bits per heavy atom. The van der Waals surface area contributed by atoms with Crippen LogP contribution in [0.15, 0.2) is 53.6 Å². The third-order valence-electron chi connectivity index (χ3n) is 3.74. The molecule has 2 rings (SSSR count). The molecule has 0 unspecified atom stereocenters. The normalized spacial score (nSPS) is 10.7. The predicted molar refractivity (Wildman–Crippen MR) is 115 cm³/mol. The molecule has 0 heterocycles. The second-order valence-corrected chi connectivity index (χ2v) is 6.60. The number of carbonyl (C=O) groups is 4. The Labute approximate surface area is 173 Å². The number of hydrogen-bond acceptors (Lipinski definition) is 5. The minimum Gasteiger partial charge on any atom is -0.326 e. The third-order valence-corrected chi connectivity index (χ3v) is 3.74. The highest BCUT2D eigenvalue weighted by atomic mass is 16.2. The first-order valence-corrected chi connectivity index (χ1v) is 9.11. The Balaban J connectivity index is 1.82. The van der Waals surface area contributed by atoms with Crippen molar-refractivity contribution in [2.24, 2.45) is 5.10 Å². The molecule has 0 atom stereocenters. The van der Waals surface area contributed by atoms with Crippen LogP contribution in [0, 0.1) is 6.92 Å². The van der Waals surface area contributed by atoms with Crippen molar-refractivity contribution in [3.8, 4) is 0 Å². The quantitative estimate of drug-likeness (QED) is 0.332. The zero-order valence-corrected chi connectivity index (χ0v) is 16.9. The first-order valence-electron chi connectivity index (χ1n) is 9.11. The van der Waals surface area contributed by atoms with Crippen molar-refractivity contribution in [1.29, 1.82) is 0 Å². The van der Waals surface area contributed by atoms with Crippen LogP contribution in [0.25, 0.3) is 0 Å². The molecule has 9 heteroatoms. The van der Waals surface area contributed by atoms with Gasteiger partial charge in [-0.1, -0.05) is 12.1 Å². The maximum atomic E-state index is 12.1. The summed E-state index contributed by atoms with van der Waals surface area (Å²) in [6.45, 7) is 4.83. The fraction of sp³-hybridized carbons (Fsp3) is 0.190. The average molecular weight is 409 g/mol. The van der Waals surface area contributed by atoms with E-state index in [0.29, 0.717) is 22.8 Å². The summed E-state index contributed by atoms with van der Waals surface area (Å²) in [6.07, 6.45) is -0.0762. The molecular weight excluding hydrogens is 386 g/mol. The van der Waals surface area contributed by atoms with E-state index in [0.717, 1.165) is 5.56 Å². The Morgan fingerprint density at radius 3 is 2.03 bits per heavy atom. The number of aryl methyl sites for hydroxylation is 1. The number of hydrazone groups is 1. The average Bonchev–Trinajstić information content (AvgIpc) is 2.67. The number of rotatable bonds is 6. The summed E-state index contributed by atoms with van der Waals surface area (Å²) in [5, 5.41) is 11.6. The van der Waals surface area contributed by atoms with Gasteiger partial charge in [0.05, 0.1) is 6.42 Å². The molecule has 0 saturated carbocycles. The highest BCUT2D eigenvalue weighted by molar-refractivity contribution is 6.39. The van der Waals surface area contributed by atoms with Crippen LogP contribution in [0.1, 0.15) is 25.8 Å². The second-order valence-electron chi connectivity index (χ2n) is 6.60. The molecule has 4 amide bonds. The first kappa shape index (κ1) is 22.3. The van der Waals surface area contributed by atoms with Crippen molar-refractivity contribution in [3.63, 3.8) is 0 Å². The molecule has 0 spiro atoms. The zero-order valence-electron chi connectivity index (χ0n) is 16.9. The van der Waals surface area contributed by atoms with Crippen LogP contribution >= 0.6 is 0 Å². The Kier molecular flexibility index (Phi) is 7.81. The molecule has 0 bridgehead atoms. The minimum absolute atomic E-state index is 0.0762. The van der Waals surface area contributed by atoms with Gasteiger partial charge < -0.3 is 16.0 Å². The standard InChI is InChI=1S/C21H23N5O4/c1-13-5-4-6-18(11-13)24-20(29)21(30)26-25-14(2)12-19(28)23-17-9-7-16(8-10-17)22-15(3)27/h4-11H,12H2,1-3H3,(H,22,27)(H,23,28)(H,24,29)(H,26,30)/b25-14-. The molecular formula is C21H23N5O4. The van der Waals surface area contributed by atoms with E-state index in [-0.39, 0.29) is 18.2 Å². The van der Waals surface area contributed by atoms with Gasteiger partial charge in [0.2, 0.25) is 11.8 Å². The van der Waals surface area contributed by atoms with Gasteiger partial charge in [-0.2, -0.15) is 5.10 Å². The SMILES string of the molecule is CC(=O)Nc1ccc(NC(=O)C/C(C)=N\NC(=O)C(=O)Nc2cccc(C)c2)cc1. The summed E-state index contributed by atoms with van der Waals surface area (Å²) >= 11 is 0. The molecule has 4 N–H and O–H groups in total. The fourth-order valence-electron chi connectivity index (χ4n) is 2.42. The van der Waals surface area contributed by atoms with Crippen molar-refractivity contribution in [1.82, 2.24) is 5.43 Å². The summed E-state index contributed by atoms with van der Waals surface area (Å²) in [4.78, 5) is 46.8. The van der Waals surface area contributed by atoms with E-state index in [1.165, 1.54) is 6.92 Å². The number of anilines is 3. The summed E-state index contributed by atoms with van der Waals surface area (Å²) < 4.78 is 0. The monoisotopic (exact) mass is 409 g/mol. The van der Waals surface area contributed by atoms with Gasteiger partial charge in [-0.3, -0.25) is 19.2 Å². The largest absolute Gasteiger partial charge is 0.329 e. The van der Waals surface area contributed by atoms with Crippen LogP contribution < -0.4 is 21.4 Å². The van der Waals surface area contributed by atoms with Gasteiger partial charge in [0.15, 0.2) is 0 Å². The lowest BCUT2D eigenvalue weighted by Gasteiger charge is -2.07. The predicted octanol–water partition coefficient (Wildman–Crippen LogP) is 2.41. The number of nitrogens with zero attached hydrogens (tertiary/aromatic N) is 1. The fourth-order valence-corrected chi connectivity index (χ4v) is 2.42. The molecule has 156 valence electrons. The van der Waals surface area contributed by atoms with Crippen LogP contribution in [0.3, 0.4) is 0 Å². The molecule has 2 aromatic rings. The molecule has 0 saturated heterocycles.